The standard InChI is InChI=1S/C14H14BrNO3/c1-16(19-3)14(17)11-8-12(18-2)9-6-4-5-7-10(9)13(11)15/h4-8H,1-3H3. The molecule has 0 bridgehead atoms. The second kappa shape index (κ2) is 5.59. The second-order valence-electron chi connectivity index (χ2n) is 3.97. The number of hydrogen-bond acceptors (Lipinski definition) is 3. The van der Waals surface area contributed by atoms with E-state index in [0.29, 0.717) is 11.3 Å². The molecule has 0 unspecified atom stereocenters. The first kappa shape index (κ1) is 13.8. The van der Waals surface area contributed by atoms with E-state index in [1.807, 2.05) is 24.3 Å². The van der Waals surface area contributed by atoms with Gasteiger partial charge in [0, 0.05) is 22.3 Å². The van der Waals surface area contributed by atoms with Crippen molar-refractivity contribution in [1.29, 1.82) is 0 Å². The zero-order valence-electron chi connectivity index (χ0n) is 10.9. The maximum absolute atomic E-state index is 12.2. The van der Waals surface area contributed by atoms with Gasteiger partial charge < -0.3 is 4.74 Å². The topological polar surface area (TPSA) is 38.8 Å². The third-order valence-electron chi connectivity index (χ3n) is 2.95. The van der Waals surface area contributed by atoms with Gasteiger partial charge in [-0.3, -0.25) is 9.63 Å². The van der Waals surface area contributed by atoms with Gasteiger partial charge >= 0.3 is 0 Å². The summed E-state index contributed by atoms with van der Waals surface area (Å²) in [5.74, 6) is 0.421. The van der Waals surface area contributed by atoms with Gasteiger partial charge in [0.1, 0.15) is 5.75 Å². The summed E-state index contributed by atoms with van der Waals surface area (Å²) in [6, 6.07) is 9.45. The molecule has 0 atom stereocenters. The van der Waals surface area contributed by atoms with E-state index < -0.39 is 0 Å². The van der Waals surface area contributed by atoms with Crippen LogP contribution in [0.5, 0.6) is 5.75 Å². The molecule has 4 nitrogen and oxygen atoms in total. The number of methoxy groups -OCH3 is 1. The third-order valence-corrected chi connectivity index (χ3v) is 3.81. The SMILES string of the molecule is COc1cc(C(=O)N(C)OC)c(Br)c2ccccc12. The maximum Gasteiger partial charge on any atom is 0.278 e. The zero-order valence-corrected chi connectivity index (χ0v) is 12.5. The van der Waals surface area contributed by atoms with Crippen LogP contribution in [0.4, 0.5) is 0 Å². The minimum absolute atomic E-state index is 0.238. The summed E-state index contributed by atoms with van der Waals surface area (Å²) < 4.78 is 6.09. The fraction of sp³-hybridized carbons (Fsp3) is 0.214. The van der Waals surface area contributed by atoms with Crippen molar-refractivity contribution in [3.05, 3.63) is 40.4 Å². The number of halogens is 1. The molecule has 2 aromatic carbocycles. The lowest BCUT2D eigenvalue weighted by Gasteiger charge is -2.17. The van der Waals surface area contributed by atoms with Crippen LogP contribution in [0.25, 0.3) is 10.8 Å². The Hall–Kier alpha value is -1.59. The molecule has 0 aliphatic carbocycles. The van der Waals surface area contributed by atoms with Gasteiger partial charge in [0.15, 0.2) is 0 Å². The van der Waals surface area contributed by atoms with Crippen LogP contribution in [0.2, 0.25) is 0 Å². The summed E-state index contributed by atoms with van der Waals surface area (Å²) >= 11 is 3.48. The average Bonchev–Trinajstić information content (AvgIpc) is 2.46. The Balaban J connectivity index is 2.69. The van der Waals surface area contributed by atoms with Crippen molar-refractivity contribution >= 4 is 32.6 Å². The van der Waals surface area contributed by atoms with E-state index in [1.165, 1.54) is 12.2 Å². The van der Waals surface area contributed by atoms with E-state index in [4.69, 9.17) is 9.57 Å². The number of nitrogens with zero attached hydrogens (tertiary/aromatic N) is 1. The zero-order chi connectivity index (χ0) is 14.0. The molecule has 0 fully saturated rings. The van der Waals surface area contributed by atoms with Crippen LogP contribution in [0.1, 0.15) is 10.4 Å². The van der Waals surface area contributed by atoms with Crippen LogP contribution in [0.15, 0.2) is 34.8 Å². The molecule has 0 N–H and O–H groups in total. The van der Waals surface area contributed by atoms with Gasteiger partial charge in [-0.15, -0.1) is 0 Å². The Labute approximate surface area is 120 Å². The van der Waals surface area contributed by atoms with Crippen LogP contribution in [-0.2, 0) is 4.84 Å². The molecular formula is C14H14BrNO3. The smallest absolute Gasteiger partial charge is 0.278 e. The van der Waals surface area contributed by atoms with Gasteiger partial charge in [0.05, 0.1) is 19.8 Å². The number of rotatable bonds is 3. The number of carbonyl (C=O) groups is 1. The highest BCUT2D eigenvalue weighted by Gasteiger charge is 2.19. The molecule has 0 saturated heterocycles. The summed E-state index contributed by atoms with van der Waals surface area (Å²) in [6.45, 7) is 0. The van der Waals surface area contributed by atoms with E-state index in [9.17, 15) is 4.79 Å². The normalized spacial score (nSPS) is 10.5. The Morgan fingerprint density at radius 1 is 1.21 bits per heavy atom. The molecule has 2 aromatic rings. The van der Waals surface area contributed by atoms with Crippen molar-refractivity contribution in [3.63, 3.8) is 0 Å². The number of hydroxylamine groups is 2. The highest BCUT2D eigenvalue weighted by molar-refractivity contribution is 9.10. The predicted molar refractivity (Wildman–Crippen MR) is 77.3 cm³/mol. The minimum Gasteiger partial charge on any atom is -0.496 e. The molecule has 2 rings (SSSR count). The van der Waals surface area contributed by atoms with Crippen LogP contribution < -0.4 is 4.74 Å². The van der Waals surface area contributed by atoms with Gasteiger partial charge in [-0.25, -0.2) is 5.06 Å². The molecule has 1 amide bonds. The van der Waals surface area contributed by atoms with Crippen molar-refractivity contribution in [2.24, 2.45) is 0 Å². The number of benzene rings is 2. The molecule has 0 aliphatic rings. The van der Waals surface area contributed by atoms with Crippen molar-refractivity contribution in [2.75, 3.05) is 21.3 Å². The van der Waals surface area contributed by atoms with E-state index in [1.54, 1.807) is 20.2 Å². The lowest BCUT2D eigenvalue weighted by Crippen LogP contribution is -2.25. The molecule has 0 radical (unpaired) electrons. The molecule has 5 heteroatoms. The van der Waals surface area contributed by atoms with Crippen molar-refractivity contribution < 1.29 is 14.4 Å². The molecule has 19 heavy (non-hydrogen) atoms. The quantitative estimate of drug-likeness (QED) is 0.814. The number of ether oxygens (including phenoxy) is 1. The van der Waals surface area contributed by atoms with Gasteiger partial charge in [-0.05, 0) is 22.0 Å². The largest absolute Gasteiger partial charge is 0.496 e. The predicted octanol–water partition coefficient (Wildman–Crippen LogP) is 3.24. The van der Waals surface area contributed by atoms with E-state index in [0.717, 1.165) is 15.2 Å². The van der Waals surface area contributed by atoms with Crippen LogP contribution in [0, 0.1) is 0 Å². The molecule has 0 aliphatic heterocycles. The Bertz CT molecular complexity index is 627. The van der Waals surface area contributed by atoms with Crippen molar-refractivity contribution in [3.8, 4) is 5.75 Å². The summed E-state index contributed by atoms with van der Waals surface area (Å²) in [7, 11) is 4.60. The van der Waals surface area contributed by atoms with Crippen LogP contribution >= 0.6 is 15.9 Å². The number of amides is 1. The number of hydrogen-bond donors (Lipinski definition) is 0. The van der Waals surface area contributed by atoms with Gasteiger partial charge in [-0.1, -0.05) is 24.3 Å². The van der Waals surface area contributed by atoms with Gasteiger partial charge in [-0.2, -0.15) is 0 Å². The number of fused-ring (bicyclic) bond motifs is 1. The fourth-order valence-corrected chi connectivity index (χ4v) is 2.51. The molecule has 0 spiro atoms. The Morgan fingerprint density at radius 3 is 2.42 bits per heavy atom. The first-order chi connectivity index (χ1) is 9.10. The average molecular weight is 324 g/mol. The second-order valence-corrected chi connectivity index (χ2v) is 4.76. The molecular weight excluding hydrogens is 310 g/mol. The van der Waals surface area contributed by atoms with Crippen LogP contribution in [0.3, 0.4) is 0 Å². The molecule has 0 saturated carbocycles. The van der Waals surface area contributed by atoms with Gasteiger partial charge in [0.25, 0.3) is 5.91 Å². The summed E-state index contributed by atoms with van der Waals surface area (Å²) in [6.07, 6.45) is 0. The monoisotopic (exact) mass is 323 g/mol. The fourth-order valence-electron chi connectivity index (χ4n) is 1.88. The first-order valence-electron chi connectivity index (χ1n) is 5.67. The van der Waals surface area contributed by atoms with Gasteiger partial charge in [0.2, 0.25) is 0 Å². The highest BCUT2D eigenvalue weighted by atomic mass is 79.9. The summed E-state index contributed by atoms with van der Waals surface area (Å²) in [5, 5.41) is 3.05. The molecule has 0 heterocycles. The van der Waals surface area contributed by atoms with E-state index in [2.05, 4.69) is 15.9 Å². The van der Waals surface area contributed by atoms with E-state index >= 15 is 0 Å². The maximum atomic E-state index is 12.2. The highest BCUT2D eigenvalue weighted by Crippen LogP contribution is 2.35. The molecule has 0 aromatic heterocycles. The summed E-state index contributed by atoms with van der Waals surface area (Å²) in [4.78, 5) is 17.2. The lowest BCUT2D eigenvalue weighted by atomic mass is 10.1. The first-order valence-corrected chi connectivity index (χ1v) is 6.46. The Kier molecular flexibility index (Phi) is 4.07. The number of carbonyl (C=O) groups excluding carboxylic acids is 1. The lowest BCUT2D eigenvalue weighted by molar-refractivity contribution is -0.0757. The summed E-state index contributed by atoms with van der Waals surface area (Å²) in [5.41, 5.74) is 0.500. The third kappa shape index (κ3) is 2.43. The van der Waals surface area contributed by atoms with E-state index in [-0.39, 0.29) is 5.91 Å². The molecule has 100 valence electrons. The van der Waals surface area contributed by atoms with Crippen molar-refractivity contribution in [1.82, 2.24) is 5.06 Å². The minimum atomic E-state index is -0.238. The van der Waals surface area contributed by atoms with Crippen LogP contribution in [-0.4, -0.2) is 32.2 Å². The van der Waals surface area contributed by atoms with Crippen molar-refractivity contribution in [2.45, 2.75) is 0 Å². The Morgan fingerprint density at radius 2 is 1.84 bits per heavy atom.